The van der Waals surface area contributed by atoms with Crippen molar-refractivity contribution in [3.63, 3.8) is 0 Å². The molecule has 0 atom stereocenters. The highest BCUT2D eigenvalue weighted by atomic mass is 79.9. The lowest BCUT2D eigenvalue weighted by Gasteiger charge is -2.34. The van der Waals surface area contributed by atoms with Crippen molar-refractivity contribution in [2.75, 3.05) is 4.90 Å². The molecule has 0 bridgehead atoms. The van der Waals surface area contributed by atoms with Crippen LogP contribution >= 0.6 is 15.9 Å². The predicted molar refractivity (Wildman–Crippen MR) is 201 cm³/mol. The summed E-state index contributed by atoms with van der Waals surface area (Å²) >= 11 is 3.88. The van der Waals surface area contributed by atoms with Crippen molar-refractivity contribution in [1.29, 1.82) is 0 Å². The second-order valence-electron chi connectivity index (χ2n) is 13.5. The van der Waals surface area contributed by atoms with Crippen LogP contribution in [0.15, 0.2) is 89.4 Å². The van der Waals surface area contributed by atoms with E-state index in [9.17, 15) is 0 Å². The Morgan fingerprint density at radius 2 is 0.911 bits per heavy atom. The molecule has 238 valence electrons. The van der Waals surface area contributed by atoms with Crippen LogP contribution in [0, 0.1) is 13.8 Å². The maximum absolute atomic E-state index is 3.88. The third-order valence-corrected chi connectivity index (χ3v) is 10.6. The summed E-state index contributed by atoms with van der Waals surface area (Å²) in [6, 6.07) is 32.5. The molecule has 4 aromatic rings. The van der Waals surface area contributed by atoms with Gasteiger partial charge in [-0.1, -0.05) is 154 Å². The van der Waals surface area contributed by atoms with E-state index in [0.29, 0.717) is 0 Å². The number of aryl methyl sites for hydroxylation is 2. The Hall–Kier alpha value is -2.84. The SMILES string of the molecule is CCCCCCCCC1(CCCCCCCC)c2cc(Br)ccc2-c2ccc(N(c3ccc(C)cc3)c3ccc(C)cc3)cc21. The van der Waals surface area contributed by atoms with Crippen molar-refractivity contribution < 1.29 is 0 Å². The van der Waals surface area contributed by atoms with Crippen LogP contribution in [0.5, 0.6) is 0 Å². The van der Waals surface area contributed by atoms with Crippen molar-refractivity contribution >= 4 is 33.0 Å². The summed E-state index contributed by atoms with van der Waals surface area (Å²) in [4.78, 5) is 2.46. The number of halogens is 1. The average Bonchev–Trinajstić information content (AvgIpc) is 3.30. The minimum Gasteiger partial charge on any atom is -0.310 e. The number of hydrogen-bond donors (Lipinski definition) is 0. The lowest BCUT2D eigenvalue weighted by Crippen LogP contribution is -2.26. The zero-order chi connectivity index (χ0) is 31.6. The molecule has 0 spiro atoms. The van der Waals surface area contributed by atoms with Crippen molar-refractivity contribution in [1.82, 2.24) is 0 Å². The van der Waals surface area contributed by atoms with Gasteiger partial charge < -0.3 is 4.90 Å². The summed E-state index contributed by atoms with van der Waals surface area (Å²) in [5, 5.41) is 0. The summed E-state index contributed by atoms with van der Waals surface area (Å²) in [7, 11) is 0. The van der Waals surface area contributed by atoms with Gasteiger partial charge >= 0.3 is 0 Å². The maximum Gasteiger partial charge on any atom is 0.0465 e. The molecule has 0 aliphatic heterocycles. The Morgan fingerprint density at radius 3 is 1.42 bits per heavy atom. The van der Waals surface area contributed by atoms with Gasteiger partial charge in [0.2, 0.25) is 0 Å². The first-order valence-electron chi connectivity index (χ1n) is 17.8. The molecule has 1 nitrogen and oxygen atoms in total. The molecule has 0 unspecified atom stereocenters. The van der Waals surface area contributed by atoms with Crippen LogP contribution in [0.4, 0.5) is 17.1 Å². The highest BCUT2D eigenvalue weighted by Gasteiger charge is 2.42. The van der Waals surface area contributed by atoms with E-state index in [1.807, 2.05) is 0 Å². The first-order chi connectivity index (χ1) is 22.0. The first-order valence-corrected chi connectivity index (χ1v) is 18.6. The highest BCUT2D eigenvalue weighted by Crippen LogP contribution is 2.56. The fraction of sp³-hybridized carbons (Fsp3) is 0.442. The first kappa shape index (κ1) is 33.5. The molecule has 0 aromatic heterocycles. The molecule has 0 N–H and O–H groups in total. The van der Waals surface area contributed by atoms with Crippen LogP contribution in [0.3, 0.4) is 0 Å². The van der Waals surface area contributed by atoms with Gasteiger partial charge in [-0.15, -0.1) is 0 Å². The Labute approximate surface area is 282 Å². The van der Waals surface area contributed by atoms with Gasteiger partial charge in [0.15, 0.2) is 0 Å². The van der Waals surface area contributed by atoms with E-state index in [0.717, 1.165) is 0 Å². The Balaban J connectivity index is 1.58. The lowest BCUT2D eigenvalue weighted by atomic mass is 9.70. The summed E-state index contributed by atoms with van der Waals surface area (Å²) < 4.78 is 1.20. The third-order valence-electron chi connectivity index (χ3n) is 10.1. The fourth-order valence-electron chi connectivity index (χ4n) is 7.51. The second-order valence-corrected chi connectivity index (χ2v) is 14.5. The molecule has 2 heteroatoms. The molecule has 45 heavy (non-hydrogen) atoms. The van der Waals surface area contributed by atoms with Gasteiger partial charge in [0, 0.05) is 26.9 Å². The minimum absolute atomic E-state index is 0.0478. The molecule has 0 fully saturated rings. The smallest absolute Gasteiger partial charge is 0.0465 e. The molecule has 4 aromatic carbocycles. The van der Waals surface area contributed by atoms with Crippen LogP contribution in [0.2, 0.25) is 0 Å². The second kappa shape index (κ2) is 16.1. The van der Waals surface area contributed by atoms with Crippen LogP contribution in [0.25, 0.3) is 11.1 Å². The molecule has 0 amide bonds. The van der Waals surface area contributed by atoms with E-state index >= 15 is 0 Å². The Morgan fingerprint density at radius 1 is 0.489 bits per heavy atom. The van der Waals surface area contributed by atoms with Crippen LogP contribution in [-0.4, -0.2) is 0 Å². The fourth-order valence-corrected chi connectivity index (χ4v) is 7.87. The largest absolute Gasteiger partial charge is 0.310 e. The van der Waals surface area contributed by atoms with Crippen LogP contribution in [0.1, 0.15) is 126 Å². The zero-order valence-corrected chi connectivity index (χ0v) is 29.9. The van der Waals surface area contributed by atoms with Crippen molar-refractivity contribution in [2.24, 2.45) is 0 Å². The molecule has 5 rings (SSSR count). The summed E-state index contributed by atoms with van der Waals surface area (Å²) in [6.45, 7) is 8.97. The molecular formula is C43H54BrN. The van der Waals surface area contributed by atoms with Gasteiger partial charge in [0.1, 0.15) is 0 Å². The normalized spacial score (nSPS) is 13.1. The standard InChI is InChI=1S/C43H54BrN/c1-5-7-9-11-13-15-29-43(30-16-14-12-10-8-6-2)41-31-35(44)21-27-39(41)40-28-26-38(32-42(40)43)45(36-22-17-33(3)18-23-36)37-24-19-34(4)20-25-37/h17-28,31-32H,5-16,29-30H2,1-4H3. The topological polar surface area (TPSA) is 3.24 Å². The van der Waals surface area contributed by atoms with Crippen LogP contribution in [-0.2, 0) is 5.41 Å². The Kier molecular flexibility index (Phi) is 12.0. The number of benzene rings is 4. The maximum atomic E-state index is 3.88. The monoisotopic (exact) mass is 663 g/mol. The van der Waals surface area contributed by atoms with Gasteiger partial charge in [0.05, 0.1) is 0 Å². The van der Waals surface area contributed by atoms with Gasteiger partial charge in [0.25, 0.3) is 0 Å². The molecule has 0 saturated carbocycles. The zero-order valence-electron chi connectivity index (χ0n) is 28.3. The Bertz CT molecular complexity index is 1440. The van der Waals surface area contributed by atoms with Crippen LogP contribution < -0.4 is 4.90 Å². The summed E-state index contributed by atoms with van der Waals surface area (Å²) in [5.74, 6) is 0. The molecule has 0 saturated heterocycles. The van der Waals surface area contributed by atoms with Gasteiger partial charge in [-0.25, -0.2) is 0 Å². The van der Waals surface area contributed by atoms with Gasteiger partial charge in [-0.05, 0) is 97.5 Å². The van der Waals surface area contributed by atoms with E-state index in [4.69, 9.17) is 0 Å². The summed E-state index contributed by atoms with van der Waals surface area (Å²) in [6.07, 6.45) is 18.5. The number of unbranched alkanes of at least 4 members (excludes halogenated alkanes) is 10. The molecular weight excluding hydrogens is 610 g/mol. The number of anilines is 3. The number of hydrogen-bond acceptors (Lipinski definition) is 1. The number of fused-ring (bicyclic) bond motifs is 3. The quantitative estimate of drug-likeness (QED) is 0.102. The predicted octanol–water partition coefficient (Wildman–Crippen LogP) is 14.3. The van der Waals surface area contributed by atoms with Gasteiger partial charge in [-0.2, -0.15) is 0 Å². The van der Waals surface area contributed by atoms with Crippen molar-refractivity contribution in [2.45, 2.75) is 123 Å². The van der Waals surface area contributed by atoms with E-state index in [-0.39, 0.29) is 5.41 Å². The van der Waals surface area contributed by atoms with E-state index < -0.39 is 0 Å². The van der Waals surface area contributed by atoms with Crippen molar-refractivity contribution in [3.05, 3.63) is 112 Å². The number of rotatable bonds is 17. The molecule has 1 aliphatic carbocycles. The third kappa shape index (κ3) is 7.94. The average molecular weight is 665 g/mol. The van der Waals surface area contributed by atoms with Gasteiger partial charge in [-0.3, -0.25) is 0 Å². The van der Waals surface area contributed by atoms with E-state index in [1.165, 1.54) is 134 Å². The minimum atomic E-state index is 0.0478. The van der Waals surface area contributed by atoms with E-state index in [2.05, 4.69) is 133 Å². The summed E-state index contributed by atoms with van der Waals surface area (Å²) in [5.41, 5.74) is 12.3. The lowest BCUT2D eigenvalue weighted by molar-refractivity contribution is 0.398. The van der Waals surface area contributed by atoms with E-state index in [1.54, 1.807) is 11.1 Å². The molecule has 0 radical (unpaired) electrons. The molecule has 1 aliphatic rings. The van der Waals surface area contributed by atoms with Crippen molar-refractivity contribution in [3.8, 4) is 11.1 Å². The number of nitrogens with zero attached hydrogens (tertiary/aromatic N) is 1. The highest BCUT2D eigenvalue weighted by molar-refractivity contribution is 9.10. The molecule has 0 heterocycles.